The normalized spacial score (nSPS) is 10.5. The molecule has 90 valence electrons. The molecule has 2 aromatic rings. The standard InChI is InChI=1S/C11H16N6/c1-8-7-10(16-11(12)15-8)13-5-3-9-4-6-14-17(9)2/h4,6-7H,3,5H2,1-2H3,(H3,12,13,15,16). The van der Waals surface area contributed by atoms with Crippen LogP contribution in [-0.2, 0) is 13.5 Å². The van der Waals surface area contributed by atoms with Gasteiger partial charge in [0.2, 0.25) is 5.95 Å². The summed E-state index contributed by atoms with van der Waals surface area (Å²) in [6.45, 7) is 2.68. The van der Waals surface area contributed by atoms with Gasteiger partial charge in [-0.1, -0.05) is 0 Å². The third-order valence-electron chi connectivity index (χ3n) is 2.48. The van der Waals surface area contributed by atoms with Gasteiger partial charge in [-0.05, 0) is 13.0 Å². The number of hydrogen-bond acceptors (Lipinski definition) is 5. The number of aromatic nitrogens is 4. The minimum Gasteiger partial charge on any atom is -0.370 e. The number of anilines is 2. The third kappa shape index (κ3) is 2.93. The highest BCUT2D eigenvalue weighted by Gasteiger charge is 2.00. The minimum atomic E-state index is 0.299. The lowest BCUT2D eigenvalue weighted by Gasteiger charge is -2.07. The molecule has 0 aliphatic heterocycles. The second kappa shape index (κ2) is 4.82. The number of nitrogens with zero attached hydrogens (tertiary/aromatic N) is 4. The fraction of sp³-hybridized carbons (Fsp3) is 0.364. The van der Waals surface area contributed by atoms with Crippen LogP contribution >= 0.6 is 0 Å². The van der Waals surface area contributed by atoms with Crippen molar-refractivity contribution in [2.45, 2.75) is 13.3 Å². The minimum absolute atomic E-state index is 0.299. The van der Waals surface area contributed by atoms with E-state index in [0.29, 0.717) is 5.95 Å². The van der Waals surface area contributed by atoms with Crippen LogP contribution in [0.15, 0.2) is 18.3 Å². The van der Waals surface area contributed by atoms with Crippen LogP contribution in [0.25, 0.3) is 0 Å². The molecule has 0 saturated heterocycles. The summed E-state index contributed by atoms with van der Waals surface area (Å²) < 4.78 is 1.86. The van der Waals surface area contributed by atoms with E-state index in [1.807, 2.05) is 30.8 Å². The molecule has 0 saturated carbocycles. The maximum Gasteiger partial charge on any atom is 0.222 e. The van der Waals surface area contributed by atoms with E-state index in [1.165, 1.54) is 5.69 Å². The predicted octanol–water partition coefficient (Wildman–Crippen LogP) is 0.755. The first-order valence-electron chi connectivity index (χ1n) is 5.47. The second-order valence-corrected chi connectivity index (χ2v) is 3.88. The summed E-state index contributed by atoms with van der Waals surface area (Å²) in [6, 6.07) is 3.88. The Kier molecular flexibility index (Phi) is 3.22. The number of nitrogens with one attached hydrogen (secondary N) is 1. The third-order valence-corrected chi connectivity index (χ3v) is 2.48. The van der Waals surface area contributed by atoms with Gasteiger partial charge in [-0.2, -0.15) is 10.1 Å². The maximum atomic E-state index is 5.57. The Morgan fingerprint density at radius 3 is 2.88 bits per heavy atom. The van der Waals surface area contributed by atoms with Crippen LogP contribution in [0.2, 0.25) is 0 Å². The van der Waals surface area contributed by atoms with Gasteiger partial charge < -0.3 is 11.1 Å². The Morgan fingerprint density at radius 2 is 2.24 bits per heavy atom. The number of nitrogen functional groups attached to an aromatic ring is 1. The highest BCUT2D eigenvalue weighted by molar-refractivity contribution is 5.40. The van der Waals surface area contributed by atoms with E-state index in [0.717, 1.165) is 24.5 Å². The molecule has 0 atom stereocenters. The Morgan fingerprint density at radius 1 is 1.41 bits per heavy atom. The van der Waals surface area contributed by atoms with E-state index in [9.17, 15) is 0 Å². The number of hydrogen-bond donors (Lipinski definition) is 2. The van der Waals surface area contributed by atoms with Crippen LogP contribution in [-0.4, -0.2) is 26.3 Å². The van der Waals surface area contributed by atoms with Crippen molar-refractivity contribution >= 4 is 11.8 Å². The molecular formula is C11H16N6. The van der Waals surface area contributed by atoms with Crippen molar-refractivity contribution in [1.82, 2.24) is 19.7 Å². The van der Waals surface area contributed by atoms with Crippen LogP contribution < -0.4 is 11.1 Å². The van der Waals surface area contributed by atoms with Gasteiger partial charge in [0.25, 0.3) is 0 Å². The lowest BCUT2D eigenvalue weighted by Crippen LogP contribution is -2.10. The Bertz CT molecular complexity index is 484. The average Bonchev–Trinajstić information content (AvgIpc) is 2.63. The molecule has 6 heteroatoms. The summed E-state index contributed by atoms with van der Waals surface area (Å²) in [6.07, 6.45) is 2.68. The zero-order valence-electron chi connectivity index (χ0n) is 10.0. The molecule has 3 N–H and O–H groups in total. The maximum absolute atomic E-state index is 5.57. The van der Waals surface area contributed by atoms with Crippen LogP contribution in [0.3, 0.4) is 0 Å². The van der Waals surface area contributed by atoms with Gasteiger partial charge in [0.05, 0.1) is 0 Å². The van der Waals surface area contributed by atoms with E-state index in [1.54, 1.807) is 6.20 Å². The summed E-state index contributed by atoms with van der Waals surface area (Å²) in [5, 5.41) is 7.33. The quantitative estimate of drug-likeness (QED) is 0.813. The molecule has 0 fully saturated rings. The van der Waals surface area contributed by atoms with Gasteiger partial charge in [-0.15, -0.1) is 0 Å². The highest BCUT2D eigenvalue weighted by atomic mass is 15.3. The van der Waals surface area contributed by atoms with E-state index in [4.69, 9.17) is 5.73 Å². The Balaban J connectivity index is 1.92. The smallest absolute Gasteiger partial charge is 0.222 e. The molecule has 0 bridgehead atoms. The van der Waals surface area contributed by atoms with Crippen molar-refractivity contribution in [1.29, 1.82) is 0 Å². The van der Waals surface area contributed by atoms with Gasteiger partial charge in [0, 0.05) is 43.7 Å². The van der Waals surface area contributed by atoms with Crippen LogP contribution in [0.1, 0.15) is 11.4 Å². The molecule has 0 aliphatic rings. The largest absolute Gasteiger partial charge is 0.370 e. The van der Waals surface area contributed by atoms with E-state index >= 15 is 0 Å². The van der Waals surface area contributed by atoms with Crippen molar-refractivity contribution in [3.8, 4) is 0 Å². The fourth-order valence-electron chi connectivity index (χ4n) is 1.65. The van der Waals surface area contributed by atoms with Gasteiger partial charge in [-0.3, -0.25) is 4.68 Å². The van der Waals surface area contributed by atoms with Crippen molar-refractivity contribution in [3.05, 3.63) is 29.7 Å². The van der Waals surface area contributed by atoms with Crippen LogP contribution in [0.5, 0.6) is 0 Å². The van der Waals surface area contributed by atoms with Gasteiger partial charge in [0.1, 0.15) is 5.82 Å². The molecule has 0 aromatic carbocycles. The highest BCUT2D eigenvalue weighted by Crippen LogP contribution is 2.07. The second-order valence-electron chi connectivity index (χ2n) is 3.88. The van der Waals surface area contributed by atoms with Gasteiger partial charge in [0.15, 0.2) is 0 Å². The van der Waals surface area contributed by atoms with Gasteiger partial charge in [-0.25, -0.2) is 4.98 Å². The lowest BCUT2D eigenvalue weighted by molar-refractivity contribution is 0.711. The molecule has 0 spiro atoms. The Labute approximate surface area is 99.9 Å². The zero-order valence-corrected chi connectivity index (χ0v) is 10.0. The SMILES string of the molecule is Cc1cc(NCCc2ccnn2C)nc(N)n1. The molecular weight excluding hydrogens is 216 g/mol. The molecule has 0 amide bonds. The average molecular weight is 232 g/mol. The number of aryl methyl sites for hydroxylation is 2. The van der Waals surface area contributed by atoms with Crippen molar-refractivity contribution in [3.63, 3.8) is 0 Å². The first kappa shape index (κ1) is 11.4. The molecule has 0 radical (unpaired) electrons. The monoisotopic (exact) mass is 232 g/mol. The van der Waals surface area contributed by atoms with Crippen molar-refractivity contribution in [2.75, 3.05) is 17.6 Å². The first-order chi connectivity index (χ1) is 8.15. The predicted molar refractivity (Wildman–Crippen MR) is 66.6 cm³/mol. The molecule has 2 heterocycles. The van der Waals surface area contributed by atoms with Crippen LogP contribution in [0.4, 0.5) is 11.8 Å². The summed E-state index contributed by atoms with van der Waals surface area (Å²) in [5.41, 5.74) is 7.61. The van der Waals surface area contributed by atoms with Gasteiger partial charge >= 0.3 is 0 Å². The first-order valence-corrected chi connectivity index (χ1v) is 5.47. The topological polar surface area (TPSA) is 81.7 Å². The summed E-state index contributed by atoms with van der Waals surface area (Å²) in [4.78, 5) is 8.13. The summed E-state index contributed by atoms with van der Waals surface area (Å²) in [7, 11) is 1.93. The van der Waals surface area contributed by atoms with Crippen molar-refractivity contribution < 1.29 is 0 Å². The van der Waals surface area contributed by atoms with Crippen molar-refractivity contribution in [2.24, 2.45) is 7.05 Å². The number of rotatable bonds is 4. The summed E-state index contributed by atoms with van der Waals surface area (Å²) in [5.74, 6) is 1.06. The molecule has 6 nitrogen and oxygen atoms in total. The van der Waals surface area contributed by atoms with E-state index in [2.05, 4.69) is 20.4 Å². The molecule has 2 rings (SSSR count). The zero-order chi connectivity index (χ0) is 12.3. The van der Waals surface area contributed by atoms with E-state index < -0.39 is 0 Å². The van der Waals surface area contributed by atoms with E-state index in [-0.39, 0.29) is 0 Å². The lowest BCUT2D eigenvalue weighted by atomic mass is 10.3. The number of nitrogens with two attached hydrogens (primary N) is 1. The fourth-order valence-corrected chi connectivity index (χ4v) is 1.65. The molecule has 17 heavy (non-hydrogen) atoms. The molecule has 0 aliphatic carbocycles. The van der Waals surface area contributed by atoms with Crippen LogP contribution in [0, 0.1) is 6.92 Å². The summed E-state index contributed by atoms with van der Waals surface area (Å²) >= 11 is 0. The Hall–Kier alpha value is -2.11. The molecule has 2 aromatic heterocycles. The molecule has 0 unspecified atom stereocenters.